The molecule has 6 nitrogen and oxygen atoms in total. The molecule has 0 saturated carbocycles. The van der Waals surface area contributed by atoms with Gasteiger partial charge < -0.3 is 19.7 Å². The Bertz CT molecular complexity index is 789. The van der Waals surface area contributed by atoms with Gasteiger partial charge in [-0.2, -0.15) is 0 Å². The van der Waals surface area contributed by atoms with E-state index < -0.39 is 0 Å². The minimum absolute atomic E-state index is 0.0459. The first kappa shape index (κ1) is 17.8. The molecule has 0 aromatic heterocycles. The lowest BCUT2D eigenvalue weighted by Gasteiger charge is -2.38. The number of amides is 1. The van der Waals surface area contributed by atoms with Crippen molar-refractivity contribution in [1.82, 2.24) is 15.1 Å². The van der Waals surface area contributed by atoms with E-state index in [9.17, 15) is 4.79 Å². The van der Waals surface area contributed by atoms with Crippen LogP contribution in [0.2, 0.25) is 0 Å². The zero-order chi connectivity index (χ0) is 18.6. The molecule has 4 rings (SSSR count). The number of carbonyl (C=O) groups is 1. The second kappa shape index (κ2) is 7.98. The Labute approximate surface area is 159 Å². The fraction of sp³-hybridized carbons (Fsp3) is 0.381. The minimum Gasteiger partial charge on any atom is -0.454 e. The van der Waals surface area contributed by atoms with E-state index in [-0.39, 0.29) is 18.7 Å². The number of likely N-dealkylation sites (N-methyl/N-ethyl adjacent to an activating group) is 1. The van der Waals surface area contributed by atoms with Crippen LogP contribution in [0.4, 0.5) is 0 Å². The molecule has 1 unspecified atom stereocenters. The number of nitrogens with zero attached hydrogens (tertiary/aromatic N) is 2. The Hall–Kier alpha value is -2.57. The molecular formula is C21H25N3O3. The van der Waals surface area contributed by atoms with Gasteiger partial charge in [-0.3, -0.25) is 9.69 Å². The smallest absolute Gasteiger partial charge is 0.251 e. The maximum Gasteiger partial charge on any atom is 0.251 e. The normalized spacial score (nSPS) is 18.3. The van der Waals surface area contributed by atoms with E-state index >= 15 is 0 Å². The van der Waals surface area contributed by atoms with Crippen LogP contribution in [-0.2, 0) is 0 Å². The standard InChI is InChI=1S/C21H25N3O3/c1-23-9-11-24(12-10-23)18(14-22-21(25)16-5-3-2-4-6-16)17-7-8-19-20(13-17)27-15-26-19/h2-8,13,18H,9-12,14-15H2,1H3,(H,22,25). The fourth-order valence-corrected chi connectivity index (χ4v) is 3.59. The molecule has 1 N–H and O–H groups in total. The topological polar surface area (TPSA) is 54.0 Å². The zero-order valence-corrected chi connectivity index (χ0v) is 15.6. The predicted octanol–water partition coefficient (Wildman–Crippen LogP) is 2.13. The molecule has 6 heteroatoms. The summed E-state index contributed by atoms with van der Waals surface area (Å²) < 4.78 is 11.0. The third kappa shape index (κ3) is 4.07. The molecular weight excluding hydrogens is 342 g/mol. The molecule has 1 saturated heterocycles. The van der Waals surface area contributed by atoms with Crippen molar-refractivity contribution in [2.24, 2.45) is 0 Å². The van der Waals surface area contributed by atoms with Gasteiger partial charge in [-0.05, 0) is 36.9 Å². The third-order valence-corrected chi connectivity index (χ3v) is 5.25. The van der Waals surface area contributed by atoms with Crippen LogP contribution in [-0.4, -0.2) is 62.3 Å². The summed E-state index contributed by atoms with van der Waals surface area (Å²) in [5.74, 6) is 1.51. The average Bonchev–Trinajstić information content (AvgIpc) is 3.18. The molecule has 1 atom stereocenters. The Morgan fingerprint density at radius 1 is 1.04 bits per heavy atom. The van der Waals surface area contributed by atoms with Crippen LogP contribution in [0, 0.1) is 0 Å². The molecule has 0 radical (unpaired) electrons. The van der Waals surface area contributed by atoms with E-state index in [0.717, 1.165) is 43.2 Å². The molecule has 0 spiro atoms. The first-order chi connectivity index (χ1) is 13.2. The van der Waals surface area contributed by atoms with Gasteiger partial charge in [0.05, 0.1) is 6.04 Å². The van der Waals surface area contributed by atoms with E-state index in [0.29, 0.717) is 12.1 Å². The number of benzene rings is 2. The largest absolute Gasteiger partial charge is 0.454 e. The molecule has 2 heterocycles. The van der Waals surface area contributed by atoms with Crippen molar-refractivity contribution < 1.29 is 14.3 Å². The molecule has 142 valence electrons. The number of piperazine rings is 1. The average molecular weight is 367 g/mol. The maximum atomic E-state index is 12.5. The van der Waals surface area contributed by atoms with Crippen LogP contribution < -0.4 is 14.8 Å². The summed E-state index contributed by atoms with van der Waals surface area (Å²) in [6, 6.07) is 15.5. The Balaban J connectivity index is 1.52. The second-order valence-corrected chi connectivity index (χ2v) is 7.04. The van der Waals surface area contributed by atoms with Gasteiger partial charge in [-0.25, -0.2) is 0 Å². The summed E-state index contributed by atoms with van der Waals surface area (Å²) >= 11 is 0. The Kier molecular flexibility index (Phi) is 5.27. The van der Waals surface area contributed by atoms with Crippen LogP contribution in [0.1, 0.15) is 22.0 Å². The summed E-state index contributed by atoms with van der Waals surface area (Å²) in [5.41, 5.74) is 1.82. The molecule has 0 bridgehead atoms. The molecule has 1 fully saturated rings. The van der Waals surface area contributed by atoms with E-state index in [1.54, 1.807) is 0 Å². The lowest BCUT2D eigenvalue weighted by Crippen LogP contribution is -2.48. The number of hydrogen-bond donors (Lipinski definition) is 1. The SMILES string of the molecule is CN1CCN(C(CNC(=O)c2ccccc2)c2ccc3c(c2)OCO3)CC1. The van der Waals surface area contributed by atoms with Crippen molar-refractivity contribution in [3.05, 3.63) is 59.7 Å². The van der Waals surface area contributed by atoms with Crippen molar-refractivity contribution in [1.29, 1.82) is 0 Å². The molecule has 0 aliphatic carbocycles. The minimum atomic E-state index is -0.0459. The van der Waals surface area contributed by atoms with Crippen molar-refractivity contribution in [3.8, 4) is 11.5 Å². The van der Waals surface area contributed by atoms with Gasteiger partial charge in [0.15, 0.2) is 11.5 Å². The number of fused-ring (bicyclic) bond motifs is 1. The van der Waals surface area contributed by atoms with E-state index in [1.165, 1.54) is 0 Å². The predicted molar refractivity (Wildman–Crippen MR) is 103 cm³/mol. The summed E-state index contributed by atoms with van der Waals surface area (Å²) in [4.78, 5) is 17.3. The number of rotatable bonds is 5. The van der Waals surface area contributed by atoms with Gasteiger partial charge in [0, 0.05) is 38.3 Å². The van der Waals surface area contributed by atoms with Gasteiger partial charge in [0.2, 0.25) is 6.79 Å². The lowest BCUT2D eigenvalue weighted by molar-refractivity contribution is 0.0886. The second-order valence-electron chi connectivity index (χ2n) is 7.04. The van der Waals surface area contributed by atoms with Gasteiger partial charge in [-0.15, -0.1) is 0 Å². The number of nitrogens with one attached hydrogen (secondary N) is 1. The highest BCUT2D eigenvalue weighted by Crippen LogP contribution is 2.35. The first-order valence-corrected chi connectivity index (χ1v) is 9.36. The van der Waals surface area contributed by atoms with Crippen LogP contribution >= 0.6 is 0 Å². The Morgan fingerprint density at radius 2 is 1.78 bits per heavy atom. The molecule has 2 aliphatic rings. The van der Waals surface area contributed by atoms with E-state index in [2.05, 4.69) is 28.2 Å². The van der Waals surface area contributed by atoms with Gasteiger partial charge in [0.25, 0.3) is 5.91 Å². The van der Waals surface area contributed by atoms with Crippen molar-refractivity contribution in [2.45, 2.75) is 6.04 Å². The zero-order valence-electron chi connectivity index (χ0n) is 15.6. The molecule has 2 aliphatic heterocycles. The van der Waals surface area contributed by atoms with Crippen molar-refractivity contribution >= 4 is 5.91 Å². The van der Waals surface area contributed by atoms with Gasteiger partial charge in [-0.1, -0.05) is 24.3 Å². The van der Waals surface area contributed by atoms with Crippen LogP contribution in [0.25, 0.3) is 0 Å². The quantitative estimate of drug-likeness (QED) is 0.878. The third-order valence-electron chi connectivity index (χ3n) is 5.25. The first-order valence-electron chi connectivity index (χ1n) is 9.36. The van der Waals surface area contributed by atoms with E-state index in [1.807, 2.05) is 42.5 Å². The highest BCUT2D eigenvalue weighted by molar-refractivity contribution is 5.94. The monoisotopic (exact) mass is 367 g/mol. The van der Waals surface area contributed by atoms with Gasteiger partial charge in [0.1, 0.15) is 0 Å². The highest BCUT2D eigenvalue weighted by Gasteiger charge is 2.26. The lowest BCUT2D eigenvalue weighted by atomic mass is 10.0. The van der Waals surface area contributed by atoms with Crippen LogP contribution in [0.15, 0.2) is 48.5 Å². The molecule has 27 heavy (non-hydrogen) atoms. The molecule has 2 aromatic carbocycles. The fourth-order valence-electron chi connectivity index (χ4n) is 3.59. The molecule has 2 aromatic rings. The van der Waals surface area contributed by atoms with Crippen LogP contribution in [0.5, 0.6) is 11.5 Å². The number of hydrogen-bond acceptors (Lipinski definition) is 5. The number of ether oxygens (including phenoxy) is 2. The Morgan fingerprint density at radius 3 is 2.56 bits per heavy atom. The maximum absolute atomic E-state index is 12.5. The van der Waals surface area contributed by atoms with E-state index in [4.69, 9.17) is 9.47 Å². The molecule has 1 amide bonds. The van der Waals surface area contributed by atoms with Crippen molar-refractivity contribution in [2.75, 3.05) is 46.6 Å². The van der Waals surface area contributed by atoms with Crippen LogP contribution in [0.3, 0.4) is 0 Å². The summed E-state index contributed by atoms with van der Waals surface area (Å²) in [6.07, 6.45) is 0. The summed E-state index contributed by atoms with van der Waals surface area (Å²) in [5, 5.41) is 3.11. The summed E-state index contributed by atoms with van der Waals surface area (Å²) in [6.45, 7) is 4.80. The van der Waals surface area contributed by atoms with Crippen molar-refractivity contribution in [3.63, 3.8) is 0 Å². The van der Waals surface area contributed by atoms with Gasteiger partial charge >= 0.3 is 0 Å². The number of carbonyl (C=O) groups excluding carboxylic acids is 1. The highest BCUT2D eigenvalue weighted by atomic mass is 16.7. The summed E-state index contributed by atoms with van der Waals surface area (Å²) in [7, 11) is 2.14.